The number of carbonyl (C=O) groups is 1. The number of ether oxygens (including phenoxy) is 6. The molecule has 17 unspecified atom stereocenters. The smallest absolute Gasteiger partial charge is 0.220 e. The highest BCUT2D eigenvalue weighted by molar-refractivity contribution is 5.76. The van der Waals surface area contributed by atoms with Gasteiger partial charge < -0.3 is 89.9 Å². The van der Waals surface area contributed by atoms with E-state index in [0.717, 1.165) is 141 Å². The van der Waals surface area contributed by atoms with Crippen molar-refractivity contribution >= 4 is 5.91 Å². The topological polar surface area (TPSA) is 307 Å². The highest BCUT2D eigenvalue weighted by Crippen LogP contribution is 2.33. The Kier molecular flexibility index (Phi) is 65.7. The number of hydrogen-bond donors (Lipinski definition) is 12. The van der Waals surface area contributed by atoms with Gasteiger partial charge in [0.05, 0.1) is 38.6 Å². The summed E-state index contributed by atoms with van der Waals surface area (Å²) in [6.07, 6.45) is 76.8. The van der Waals surface area contributed by atoms with E-state index in [-0.39, 0.29) is 18.9 Å². The SMILES string of the molecule is CC/C=C\C/C=C\C/C=C\C/C=C\C/C=C\C/C=C\C/C=C\C/C=C\C/C=C\C/C=C\C/C=C\CCCCCCCCCC(=O)NC(COC1OC(CO)C(OC2OC(CO)C(OC3OC(CO)C(O)C(O)C3O)C(O)C2O)C(O)C1O)C(O)CCCCCCCCCCCCCCCCCCCCCCCCCCCCC. The molecule has 19 nitrogen and oxygen atoms in total. The molecule has 3 heterocycles. The quantitative estimate of drug-likeness (QED) is 0.0199. The minimum Gasteiger partial charge on any atom is -0.394 e. The Hall–Kier alpha value is -4.07. The maximum absolute atomic E-state index is 13.5. The van der Waals surface area contributed by atoms with Crippen LogP contribution in [0.2, 0.25) is 0 Å². The van der Waals surface area contributed by atoms with Crippen molar-refractivity contribution in [2.75, 3.05) is 26.4 Å². The van der Waals surface area contributed by atoms with Gasteiger partial charge in [-0.2, -0.15) is 0 Å². The van der Waals surface area contributed by atoms with Gasteiger partial charge in [0.15, 0.2) is 18.9 Å². The fourth-order valence-electron chi connectivity index (χ4n) is 14.4. The fourth-order valence-corrected chi connectivity index (χ4v) is 14.4. The number of aliphatic hydroxyl groups excluding tert-OH is 11. The molecule has 0 saturated carbocycles. The second-order valence-electron chi connectivity index (χ2n) is 31.3. The number of amides is 1. The number of aliphatic hydroxyl groups is 11. The van der Waals surface area contributed by atoms with Crippen LogP contribution in [0.5, 0.6) is 0 Å². The van der Waals surface area contributed by atoms with Gasteiger partial charge >= 0.3 is 0 Å². The first-order chi connectivity index (χ1) is 55.3. The monoisotopic (exact) mass is 1590 g/mol. The summed E-state index contributed by atoms with van der Waals surface area (Å²) < 4.78 is 34.6. The van der Waals surface area contributed by atoms with Crippen molar-refractivity contribution in [3.8, 4) is 0 Å². The van der Waals surface area contributed by atoms with Crippen LogP contribution in [0.1, 0.15) is 322 Å². The molecule has 0 radical (unpaired) electrons. The zero-order valence-corrected chi connectivity index (χ0v) is 70.1. The standard InChI is InChI=1S/C94H161NO18/c1-3-5-7-9-11-13-15-17-19-21-23-25-27-29-31-32-33-34-35-36-37-38-39-40-41-42-43-44-46-48-50-52-54-56-58-60-62-64-66-68-70-72-82(100)95-77(78(99)71-69-67-65-63-61-59-57-55-53-51-49-47-45-30-28-26-24-22-20-18-16-14-12-10-8-6-4-2)76-108-92-88(106)85(103)90(80(74-97)110-92)113-94-89(107)86(104)91(81(75-98)111-94)112-93-87(105)84(102)83(101)79(73-96)109-93/h5,7,11,13,17,19,23,25,29,31,33-34,36-37,39-40,42-43,46,48,52,54,77-81,83-94,96-99,101-107H,3-4,6,8-10,12,14-16,18,20-22,24,26-28,30,32,35,38,41,44-45,47,49-51,53,55-76H2,1-2H3,(H,95,100)/b7-5-,13-11-,19-17-,25-23-,31-29-,34-33-,37-36-,40-39-,43-42-,48-46-,54-52-. The lowest BCUT2D eigenvalue weighted by molar-refractivity contribution is -0.379. The summed E-state index contributed by atoms with van der Waals surface area (Å²) in [6.45, 7) is 1.71. The average Bonchev–Trinajstić information content (AvgIpc) is 0.777. The highest BCUT2D eigenvalue weighted by Gasteiger charge is 2.54. The van der Waals surface area contributed by atoms with Gasteiger partial charge in [-0.05, 0) is 96.3 Å². The van der Waals surface area contributed by atoms with Crippen LogP contribution in [0, 0.1) is 0 Å². The summed E-state index contributed by atoms with van der Waals surface area (Å²) in [5, 5.41) is 121. The van der Waals surface area contributed by atoms with Gasteiger partial charge in [-0.15, -0.1) is 0 Å². The van der Waals surface area contributed by atoms with Gasteiger partial charge in [-0.25, -0.2) is 0 Å². The van der Waals surface area contributed by atoms with Crippen molar-refractivity contribution < 1.29 is 89.4 Å². The third-order valence-electron chi connectivity index (χ3n) is 21.5. The predicted molar refractivity (Wildman–Crippen MR) is 456 cm³/mol. The Labute approximate surface area is 683 Å². The summed E-state index contributed by atoms with van der Waals surface area (Å²) in [5.74, 6) is -0.255. The van der Waals surface area contributed by atoms with Gasteiger partial charge in [0.25, 0.3) is 0 Å². The summed E-state index contributed by atoms with van der Waals surface area (Å²) in [7, 11) is 0. The molecule has 1 amide bonds. The third-order valence-corrected chi connectivity index (χ3v) is 21.5. The van der Waals surface area contributed by atoms with Gasteiger partial charge in [-0.3, -0.25) is 4.79 Å². The number of unbranched alkanes of at least 4 members (excludes halogenated alkanes) is 33. The lowest BCUT2D eigenvalue weighted by atomic mass is 9.96. The Balaban J connectivity index is 1.33. The van der Waals surface area contributed by atoms with Crippen LogP contribution < -0.4 is 5.32 Å². The molecule has 0 aromatic rings. The highest BCUT2D eigenvalue weighted by atomic mass is 16.8. The van der Waals surface area contributed by atoms with Gasteiger partial charge in [-0.1, -0.05) is 353 Å². The first kappa shape index (κ1) is 103. The van der Waals surface area contributed by atoms with Crippen molar-refractivity contribution in [1.29, 1.82) is 0 Å². The van der Waals surface area contributed by atoms with E-state index >= 15 is 0 Å². The number of allylic oxidation sites excluding steroid dienone is 22. The van der Waals surface area contributed by atoms with Crippen LogP contribution in [-0.2, 0) is 33.2 Å². The Bertz CT molecular complexity index is 2560. The largest absolute Gasteiger partial charge is 0.394 e. The summed E-state index contributed by atoms with van der Waals surface area (Å²) in [6, 6.07) is -0.905. The van der Waals surface area contributed by atoms with E-state index in [9.17, 15) is 61.0 Å². The molecule has 0 aromatic carbocycles. The fraction of sp³-hybridized carbons (Fsp3) is 0.755. The van der Waals surface area contributed by atoms with Crippen LogP contribution in [-0.4, -0.2) is 193 Å². The van der Waals surface area contributed by atoms with Gasteiger partial charge in [0.2, 0.25) is 5.91 Å². The Morgan fingerprint density at radius 3 is 0.956 bits per heavy atom. The molecule has 0 bridgehead atoms. The molecule has 3 rings (SSSR count). The zero-order valence-electron chi connectivity index (χ0n) is 70.1. The van der Waals surface area contributed by atoms with E-state index < -0.39 is 124 Å². The van der Waals surface area contributed by atoms with E-state index in [4.69, 9.17) is 28.4 Å². The van der Waals surface area contributed by atoms with E-state index in [1.807, 2.05) is 0 Å². The Morgan fingerprint density at radius 2 is 0.611 bits per heavy atom. The van der Waals surface area contributed by atoms with Crippen molar-refractivity contribution in [3.63, 3.8) is 0 Å². The first-order valence-electron chi connectivity index (χ1n) is 44.9. The third kappa shape index (κ3) is 50.5. The molecule has 3 fully saturated rings. The van der Waals surface area contributed by atoms with Crippen LogP contribution in [0.4, 0.5) is 0 Å². The number of rotatable bonds is 71. The summed E-state index contributed by atoms with van der Waals surface area (Å²) in [5.41, 5.74) is 0. The molecular weight excluding hydrogens is 1430 g/mol. The van der Waals surface area contributed by atoms with E-state index in [2.05, 4.69) is 153 Å². The van der Waals surface area contributed by atoms with Gasteiger partial charge in [0.1, 0.15) is 73.2 Å². The molecule has 19 heteroatoms. The molecule has 3 aliphatic heterocycles. The van der Waals surface area contributed by atoms with Crippen molar-refractivity contribution in [3.05, 3.63) is 134 Å². The second-order valence-corrected chi connectivity index (χ2v) is 31.3. The molecule has 17 atom stereocenters. The van der Waals surface area contributed by atoms with E-state index in [1.54, 1.807) is 0 Å². The van der Waals surface area contributed by atoms with E-state index in [0.29, 0.717) is 12.8 Å². The summed E-state index contributed by atoms with van der Waals surface area (Å²) in [4.78, 5) is 13.5. The molecule has 3 saturated heterocycles. The van der Waals surface area contributed by atoms with Crippen molar-refractivity contribution in [1.82, 2.24) is 5.32 Å². The lowest BCUT2D eigenvalue weighted by Gasteiger charge is -2.48. The molecule has 0 spiro atoms. The maximum atomic E-state index is 13.5. The molecule has 0 aliphatic carbocycles. The predicted octanol–water partition coefficient (Wildman–Crippen LogP) is 17.2. The molecular formula is C94H161NO18. The van der Waals surface area contributed by atoms with Gasteiger partial charge in [0, 0.05) is 6.42 Å². The number of carbonyl (C=O) groups excluding carboxylic acids is 1. The molecule has 3 aliphatic rings. The van der Waals surface area contributed by atoms with Crippen LogP contribution in [0.3, 0.4) is 0 Å². The average molecular weight is 1590 g/mol. The number of nitrogens with one attached hydrogen (secondary N) is 1. The molecule has 650 valence electrons. The molecule has 0 aromatic heterocycles. The van der Waals surface area contributed by atoms with Crippen LogP contribution >= 0.6 is 0 Å². The minimum absolute atomic E-state index is 0.246. The van der Waals surface area contributed by atoms with E-state index in [1.165, 1.54) is 148 Å². The normalized spacial score (nSPS) is 25.5. The summed E-state index contributed by atoms with van der Waals surface area (Å²) >= 11 is 0. The lowest BCUT2D eigenvalue weighted by Crippen LogP contribution is -2.66. The van der Waals surface area contributed by atoms with Crippen molar-refractivity contribution in [2.24, 2.45) is 0 Å². The maximum Gasteiger partial charge on any atom is 0.220 e. The molecule has 12 N–H and O–H groups in total. The molecule has 113 heavy (non-hydrogen) atoms. The Morgan fingerprint density at radius 1 is 0.327 bits per heavy atom. The first-order valence-corrected chi connectivity index (χ1v) is 44.9. The minimum atomic E-state index is -1.98. The van der Waals surface area contributed by atoms with Crippen LogP contribution in [0.15, 0.2) is 134 Å². The van der Waals surface area contributed by atoms with Crippen molar-refractivity contribution in [2.45, 2.75) is 426 Å². The number of hydrogen-bond acceptors (Lipinski definition) is 18. The van der Waals surface area contributed by atoms with Crippen LogP contribution in [0.25, 0.3) is 0 Å². The second kappa shape index (κ2) is 72.0. The zero-order chi connectivity index (χ0) is 81.7.